The van der Waals surface area contributed by atoms with E-state index in [2.05, 4.69) is 64.7 Å². The van der Waals surface area contributed by atoms with Gasteiger partial charge >= 0.3 is 0 Å². The average Bonchev–Trinajstić information content (AvgIpc) is 3.07. The van der Waals surface area contributed by atoms with Crippen LogP contribution in [0.2, 0.25) is 0 Å². The number of nitrogens with one attached hydrogen (secondary N) is 1. The quantitative estimate of drug-likeness (QED) is 0.579. The van der Waals surface area contributed by atoms with Crippen LogP contribution in [0.5, 0.6) is 0 Å². The Bertz CT molecular complexity index is 898. The van der Waals surface area contributed by atoms with Gasteiger partial charge < -0.3 is 9.88 Å². The highest BCUT2D eigenvalue weighted by molar-refractivity contribution is 5.99. The van der Waals surface area contributed by atoms with Gasteiger partial charge in [0.05, 0.1) is 13.1 Å². The molecule has 0 saturated carbocycles. The molecule has 3 rings (SSSR count). The van der Waals surface area contributed by atoms with Crippen LogP contribution < -0.4 is 5.32 Å². The fourth-order valence-electron chi connectivity index (χ4n) is 4.33. The largest absolute Gasteiger partial charge is 0.353 e. The van der Waals surface area contributed by atoms with E-state index in [0.29, 0.717) is 13.1 Å². The van der Waals surface area contributed by atoms with Crippen LogP contribution in [0.1, 0.15) is 47.6 Å². The van der Waals surface area contributed by atoms with Crippen LogP contribution in [0, 0.1) is 13.8 Å². The van der Waals surface area contributed by atoms with Crippen LogP contribution in [0.4, 0.5) is 0 Å². The number of Topliss-reactive ketones (excluding diaryl/α,β-unsaturated/α-hetero) is 1. The second-order valence-corrected chi connectivity index (χ2v) is 9.02. The number of hydrogen-bond acceptors (Lipinski definition) is 4. The van der Waals surface area contributed by atoms with Gasteiger partial charge in [0, 0.05) is 55.7 Å². The van der Waals surface area contributed by atoms with Gasteiger partial charge in [-0.15, -0.1) is 0 Å². The normalized spacial score (nSPS) is 16.1. The Morgan fingerprint density at radius 1 is 1.00 bits per heavy atom. The lowest BCUT2D eigenvalue weighted by Gasteiger charge is -2.34. The van der Waals surface area contributed by atoms with Crippen molar-refractivity contribution in [1.82, 2.24) is 19.7 Å². The minimum Gasteiger partial charge on any atom is -0.353 e. The van der Waals surface area contributed by atoms with Gasteiger partial charge in [0.1, 0.15) is 0 Å². The number of piperazine rings is 1. The van der Waals surface area contributed by atoms with Crippen LogP contribution in [0.15, 0.2) is 36.4 Å². The number of carbonyl (C=O) groups excluding carboxylic acids is 2. The van der Waals surface area contributed by atoms with E-state index < -0.39 is 0 Å². The summed E-state index contributed by atoms with van der Waals surface area (Å²) in [4.78, 5) is 29.6. The lowest BCUT2D eigenvalue weighted by molar-refractivity contribution is -0.123. The standard InChI is InChI=1S/C26H38N4O2/c1-5-20(2)27-26(32)19-29-15-13-28(14-16-29)18-25(31)24-17-21(3)30(22(24)4)12-11-23-9-7-6-8-10-23/h6-10,17,20H,5,11-16,18-19H2,1-4H3,(H,27,32). The molecule has 1 aromatic carbocycles. The third kappa shape index (κ3) is 6.53. The number of rotatable bonds is 10. The van der Waals surface area contributed by atoms with Crippen molar-refractivity contribution in [3.8, 4) is 0 Å². The first-order valence-electron chi connectivity index (χ1n) is 11.8. The lowest BCUT2D eigenvalue weighted by Crippen LogP contribution is -2.51. The second-order valence-electron chi connectivity index (χ2n) is 9.02. The molecule has 1 aromatic heterocycles. The molecule has 1 atom stereocenters. The van der Waals surface area contributed by atoms with E-state index in [4.69, 9.17) is 0 Å². The number of hydrogen-bond donors (Lipinski definition) is 1. The fraction of sp³-hybridized carbons (Fsp3) is 0.538. The molecule has 1 fully saturated rings. The third-order valence-corrected chi connectivity index (χ3v) is 6.56. The number of benzene rings is 1. The van der Waals surface area contributed by atoms with Gasteiger partial charge in [-0.05, 0) is 45.2 Å². The highest BCUT2D eigenvalue weighted by atomic mass is 16.2. The highest BCUT2D eigenvalue weighted by Gasteiger charge is 2.23. The number of aromatic nitrogens is 1. The predicted molar refractivity (Wildman–Crippen MR) is 129 cm³/mol. The SMILES string of the molecule is CCC(C)NC(=O)CN1CCN(CC(=O)c2cc(C)n(CCc3ccccc3)c2C)CC1. The van der Waals surface area contributed by atoms with Crippen LogP contribution >= 0.6 is 0 Å². The van der Waals surface area contributed by atoms with Crippen molar-refractivity contribution in [2.45, 2.75) is 53.1 Å². The first-order chi connectivity index (χ1) is 15.4. The van der Waals surface area contributed by atoms with Gasteiger partial charge in [0.25, 0.3) is 0 Å². The van der Waals surface area contributed by atoms with E-state index in [9.17, 15) is 9.59 Å². The van der Waals surface area contributed by atoms with Crippen molar-refractivity contribution in [2.24, 2.45) is 0 Å². The van der Waals surface area contributed by atoms with Gasteiger partial charge in [-0.1, -0.05) is 37.3 Å². The second kappa shape index (κ2) is 11.4. The summed E-state index contributed by atoms with van der Waals surface area (Å²) in [6.07, 6.45) is 1.89. The fourth-order valence-corrected chi connectivity index (χ4v) is 4.33. The molecule has 32 heavy (non-hydrogen) atoms. The average molecular weight is 439 g/mol. The molecule has 1 aliphatic rings. The van der Waals surface area contributed by atoms with Crippen molar-refractivity contribution in [2.75, 3.05) is 39.3 Å². The molecule has 0 spiro atoms. The molecule has 1 saturated heterocycles. The maximum Gasteiger partial charge on any atom is 0.234 e. The molecule has 2 aromatic rings. The van der Waals surface area contributed by atoms with Crippen LogP contribution in [-0.4, -0.2) is 71.4 Å². The van der Waals surface area contributed by atoms with Crippen molar-refractivity contribution < 1.29 is 9.59 Å². The molecule has 0 aliphatic carbocycles. The van der Waals surface area contributed by atoms with E-state index in [-0.39, 0.29) is 17.7 Å². The van der Waals surface area contributed by atoms with Gasteiger partial charge in [-0.2, -0.15) is 0 Å². The van der Waals surface area contributed by atoms with Crippen molar-refractivity contribution in [1.29, 1.82) is 0 Å². The summed E-state index contributed by atoms with van der Waals surface area (Å²) in [5.41, 5.74) is 4.34. The summed E-state index contributed by atoms with van der Waals surface area (Å²) < 4.78 is 2.26. The smallest absolute Gasteiger partial charge is 0.234 e. The van der Waals surface area contributed by atoms with Crippen LogP contribution in [0.25, 0.3) is 0 Å². The topological polar surface area (TPSA) is 57.6 Å². The van der Waals surface area contributed by atoms with E-state index in [1.807, 2.05) is 19.1 Å². The Morgan fingerprint density at radius 3 is 2.25 bits per heavy atom. The minimum absolute atomic E-state index is 0.0896. The Hall–Kier alpha value is -2.44. The summed E-state index contributed by atoms with van der Waals surface area (Å²) in [6, 6.07) is 12.7. The van der Waals surface area contributed by atoms with Gasteiger partial charge in [-0.25, -0.2) is 0 Å². The zero-order valence-electron chi connectivity index (χ0n) is 20.1. The van der Waals surface area contributed by atoms with E-state index >= 15 is 0 Å². The summed E-state index contributed by atoms with van der Waals surface area (Å²) >= 11 is 0. The molecular weight excluding hydrogens is 400 g/mol. The maximum absolute atomic E-state index is 13.1. The Kier molecular flexibility index (Phi) is 8.65. The third-order valence-electron chi connectivity index (χ3n) is 6.56. The monoisotopic (exact) mass is 438 g/mol. The lowest BCUT2D eigenvalue weighted by atomic mass is 10.1. The molecule has 1 N–H and O–H groups in total. The minimum atomic E-state index is 0.0896. The summed E-state index contributed by atoms with van der Waals surface area (Å²) in [5, 5.41) is 3.03. The molecule has 174 valence electrons. The summed E-state index contributed by atoms with van der Waals surface area (Å²) in [5.74, 6) is 0.277. The molecule has 0 bridgehead atoms. The molecule has 6 heteroatoms. The van der Waals surface area contributed by atoms with Gasteiger partial charge in [0.2, 0.25) is 5.91 Å². The Morgan fingerprint density at radius 2 is 1.62 bits per heavy atom. The zero-order chi connectivity index (χ0) is 23.1. The number of ketones is 1. The number of nitrogens with zero attached hydrogens (tertiary/aromatic N) is 3. The van der Waals surface area contributed by atoms with E-state index in [0.717, 1.165) is 62.5 Å². The van der Waals surface area contributed by atoms with Gasteiger partial charge in [-0.3, -0.25) is 19.4 Å². The highest BCUT2D eigenvalue weighted by Crippen LogP contribution is 2.18. The Labute approximate surface area is 192 Å². The van der Waals surface area contributed by atoms with E-state index in [1.54, 1.807) is 0 Å². The Balaban J connectivity index is 1.49. The number of carbonyl (C=O) groups is 2. The molecular formula is C26H38N4O2. The van der Waals surface area contributed by atoms with Crippen molar-refractivity contribution >= 4 is 11.7 Å². The zero-order valence-corrected chi connectivity index (χ0v) is 20.1. The van der Waals surface area contributed by atoms with E-state index in [1.165, 1.54) is 5.56 Å². The van der Waals surface area contributed by atoms with Crippen LogP contribution in [0.3, 0.4) is 0 Å². The molecule has 6 nitrogen and oxygen atoms in total. The van der Waals surface area contributed by atoms with Crippen molar-refractivity contribution in [3.05, 3.63) is 58.9 Å². The first-order valence-corrected chi connectivity index (χ1v) is 11.8. The summed E-state index contributed by atoms with van der Waals surface area (Å²) in [7, 11) is 0. The first kappa shape index (κ1) is 24.2. The van der Waals surface area contributed by atoms with Gasteiger partial charge in [0.15, 0.2) is 5.78 Å². The van der Waals surface area contributed by atoms with Crippen molar-refractivity contribution in [3.63, 3.8) is 0 Å². The van der Waals surface area contributed by atoms with Crippen LogP contribution in [-0.2, 0) is 17.8 Å². The molecule has 2 heterocycles. The maximum atomic E-state index is 13.1. The summed E-state index contributed by atoms with van der Waals surface area (Å²) in [6.45, 7) is 13.3. The molecule has 1 unspecified atom stereocenters. The number of amides is 1. The number of aryl methyl sites for hydroxylation is 2. The molecule has 0 radical (unpaired) electrons. The molecule has 1 aliphatic heterocycles. The predicted octanol–water partition coefficient (Wildman–Crippen LogP) is 3.06. The molecule has 1 amide bonds.